The summed E-state index contributed by atoms with van der Waals surface area (Å²) < 4.78 is 10.5. The van der Waals surface area contributed by atoms with Crippen LogP contribution in [0.25, 0.3) is 15.8 Å². The van der Waals surface area contributed by atoms with Crippen LogP contribution in [0.4, 0.5) is 5.69 Å². The molecule has 0 N–H and O–H groups in total. The fourth-order valence-corrected chi connectivity index (χ4v) is 7.47. The van der Waals surface area contributed by atoms with Crippen LogP contribution in [0.1, 0.15) is 17.8 Å². The number of aryl methyl sites for hydroxylation is 1. The second-order valence-corrected chi connectivity index (χ2v) is 9.86. The highest BCUT2D eigenvalue weighted by atomic mass is 32.2. The molecule has 2 atom stereocenters. The number of rotatable bonds is 0. The third kappa shape index (κ3) is 2.07. The Morgan fingerprint density at radius 3 is 2.89 bits per heavy atom. The average molecular weight is 404 g/mol. The number of para-hydroxylation sites is 2. The molecule has 0 radical (unpaired) electrons. The molecule has 3 nitrogen and oxygen atoms in total. The van der Waals surface area contributed by atoms with Crippen molar-refractivity contribution in [2.24, 2.45) is 0 Å². The van der Waals surface area contributed by atoms with Crippen molar-refractivity contribution in [1.82, 2.24) is 0 Å². The Morgan fingerprint density at radius 1 is 1.00 bits per heavy atom. The van der Waals surface area contributed by atoms with Gasteiger partial charge >= 0.3 is 0 Å². The Kier molecular flexibility index (Phi) is 3.23. The summed E-state index contributed by atoms with van der Waals surface area (Å²) in [6.45, 7) is 2.10. The lowest BCUT2D eigenvalue weighted by molar-refractivity contribution is -0.674. The van der Waals surface area contributed by atoms with Gasteiger partial charge in [-0.3, -0.25) is 0 Å². The van der Waals surface area contributed by atoms with Crippen molar-refractivity contribution >= 4 is 44.6 Å². The molecule has 2 aromatic carbocycles. The van der Waals surface area contributed by atoms with E-state index in [1.807, 2.05) is 23.1 Å². The number of hydrogen-bond acceptors (Lipinski definition) is 4. The van der Waals surface area contributed by atoms with E-state index in [-0.39, 0.29) is 12.2 Å². The smallest absolute Gasteiger partial charge is 0.268 e. The van der Waals surface area contributed by atoms with Crippen LogP contribution >= 0.6 is 23.1 Å². The van der Waals surface area contributed by atoms with Gasteiger partial charge < -0.3 is 9.64 Å². The van der Waals surface area contributed by atoms with Crippen LogP contribution in [0.2, 0.25) is 0 Å². The summed E-state index contributed by atoms with van der Waals surface area (Å²) >= 11 is 3.82. The monoisotopic (exact) mass is 403 g/mol. The van der Waals surface area contributed by atoms with E-state index in [4.69, 9.17) is 4.74 Å². The number of thiazole rings is 1. The lowest BCUT2D eigenvalue weighted by Gasteiger charge is -2.38. The second-order valence-electron chi connectivity index (χ2n) is 7.80. The van der Waals surface area contributed by atoms with E-state index in [9.17, 15) is 0 Å². The van der Waals surface area contributed by atoms with Crippen LogP contribution in [-0.4, -0.2) is 18.8 Å². The predicted molar refractivity (Wildman–Crippen MR) is 115 cm³/mol. The molecule has 0 spiro atoms. The Morgan fingerprint density at radius 2 is 1.89 bits per heavy atom. The van der Waals surface area contributed by atoms with Crippen LogP contribution in [0.3, 0.4) is 0 Å². The molecule has 0 saturated heterocycles. The van der Waals surface area contributed by atoms with Gasteiger partial charge in [-0.2, -0.15) is 4.57 Å². The van der Waals surface area contributed by atoms with E-state index < -0.39 is 0 Å². The maximum absolute atomic E-state index is 6.68. The minimum Gasteiger partial charge on any atom is -0.365 e. The van der Waals surface area contributed by atoms with Crippen molar-refractivity contribution in [2.75, 3.05) is 11.4 Å². The summed E-state index contributed by atoms with van der Waals surface area (Å²) in [5.41, 5.74) is 5.47. The van der Waals surface area contributed by atoms with Gasteiger partial charge in [0.2, 0.25) is 5.52 Å². The standard InChI is InChI=1S/C23H19N2OS2/c1-3-7-20-16(5-1)24-11-9-18-14(22(24)27-20)13-15-19(26-18)10-12-25-17-6-2-4-8-21(17)28-23(15)25/h1-8,13,18-19H,9-12H2/q+1. The van der Waals surface area contributed by atoms with E-state index in [0.29, 0.717) is 0 Å². The van der Waals surface area contributed by atoms with Crippen molar-refractivity contribution in [3.05, 3.63) is 70.2 Å². The first-order chi connectivity index (χ1) is 13.9. The Labute approximate surface area is 171 Å². The number of aromatic nitrogens is 1. The quantitative estimate of drug-likeness (QED) is 0.493. The molecule has 4 aliphatic rings. The minimum absolute atomic E-state index is 0.239. The molecule has 1 aromatic heterocycles. The van der Waals surface area contributed by atoms with Crippen molar-refractivity contribution < 1.29 is 9.30 Å². The predicted octanol–water partition coefficient (Wildman–Crippen LogP) is 4.97. The van der Waals surface area contributed by atoms with Crippen molar-refractivity contribution in [2.45, 2.75) is 36.5 Å². The molecule has 5 heteroatoms. The van der Waals surface area contributed by atoms with Crippen LogP contribution in [0.15, 0.2) is 70.1 Å². The topological polar surface area (TPSA) is 16.4 Å². The van der Waals surface area contributed by atoms with Gasteiger partial charge in [-0.15, -0.1) is 0 Å². The van der Waals surface area contributed by atoms with Crippen LogP contribution in [-0.2, 0) is 11.3 Å². The maximum atomic E-state index is 6.68. The summed E-state index contributed by atoms with van der Waals surface area (Å²) in [5.74, 6) is 0. The molecule has 4 aliphatic heterocycles. The molecule has 0 bridgehead atoms. The number of thioether (sulfide) groups is 1. The molecule has 0 saturated carbocycles. The Hall–Kier alpha value is -2.08. The zero-order chi connectivity index (χ0) is 18.2. The van der Waals surface area contributed by atoms with Crippen LogP contribution in [0.5, 0.6) is 0 Å². The molecular formula is C23H19N2OS2+. The highest BCUT2D eigenvalue weighted by Crippen LogP contribution is 2.52. The molecule has 0 fully saturated rings. The zero-order valence-electron chi connectivity index (χ0n) is 15.3. The Balaban J connectivity index is 1.42. The van der Waals surface area contributed by atoms with Crippen molar-refractivity contribution in [3.63, 3.8) is 0 Å². The highest BCUT2D eigenvalue weighted by Gasteiger charge is 2.43. The number of ether oxygens (including phenoxy) is 1. The average Bonchev–Trinajstić information content (AvgIpc) is 3.31. The SMILES string of the molecule is C1=C2c3sc4ccccc4[n+]3CCC2OC2CCN3C(=C12)Sc1ccccc13. The van der Waals surface area contributed by atoms with Gasteiger partial charge in [-0.05, 0) is 30.7 Å². The van der Waals surface area contributed by atoms with Gasteiger partial charge in [-0.25, -0.2) is 0 Å². The van der Waals surface area contributed by atoms with Gasteiger partial charge in [0, 0.05) is 29.5 Å². The van der Waals surface area contributed by atoms with Gasteiger partial charge in [-0.1, -0.05) is 47.4 Å². The summed E-state index contributed by atoms with van der Waals surface area (Å²) in [6, 6.07) is 17.5. The first kappa shape index (κ1) is 15.8. The molecular weight excluding hydrogens is 384 g/mol. The lowest BCUT2D eigenvalue weighted by Crippen LogP contribution is -2.47. The normalized spacial score (nSPS) is 25.0. The minimum atomic E-state index is 0.239. The largest absolute Gasteiger partial charge is 0.365 e. The molecule has 7 rings (SSSR count). The first-order valence-electron chi connectivity index (χ1n) is 9.94. The first-order valence-corrected chi connectivity index (χ1v) is 11.6. The Bertz CT molecular complexity index is 1210. The summed E-state index contributed by atoms with van der Waals surface area (Å²) in [5, 5.41) is 2.75. The summed E-state index contributed by atoms with van der Waals surface area (Å²) in [4.78, 5) is 3.86. The van der Waals surface area contributed by atoms with Crippen molar-refractivity contribution in [1.29, 1.82) is 0 Å². The second kappa shape index (κ2) is 5.72. The third-order valence-electron chi connectivity index (χ3n) is 6.27. The van der Waals surface area contributed by atoms with Gasteiger partial charge in [0.05, 0.1) is 28.5 Å². The molecule has 28 heavy (non-hydrogen) atoms. The van der Waals surface area contributed by atoms with Crippen LogP contribution < -0.4 is 9.47 Å². The van der Waals surface area contributed by atoms with Gasteiger partial charge in [0.25, 0.3) is 5.01 Å². The van der Waals surface area contributed by atoms with E-state index in [1.165, 1.54) is 42.0 Å². The summed E-state index contributed by atoms with van der Waals surface area (Å²) in [6.07, 6.45) is 5.09. The number of fused-ring (bicyclic) bond motifs is 9. The van der Waals surface area contributed by atoms with Crippen LogP contribution in [0, 0.1) is 0 Å². The molecule has 0 aliphatic carbocycles. The van der Waals surface area contributed by atoms with E-state index >= 15 is 0 Å². The number of nitrogens with zero attached hydrogens (tertiary/aromatic N) is 2. The van der Waals surface area contributed by atoms with Gasteiger partial charge in [0.15, 0.2) is 6.54 Å². The molecule has 138 valence electrons. The maximum Gasteiger partial charge on any atom is 0.268 e. The highest BCUT2D eigenvalue weighted by molar-refractivity contribution is 8.03. The van der Waals surface area contributed by atoms with Crippen molar-refractivity contribution in [3.8, 4) is 0 Å². The van der Waals surface area contributed by atoms with Gasteiger partial charge in [0.1, 0.15) is 4.70 Å². The number of benzene rings is 2. The fourth-order valence-electron chi connectivity index (χ4n) is 4.98. The molecule has 0 amide bonds. The number of hydrogen-bond donors (Lipinski definition) is 0. The van der Waals surface area contributed by atoms with E-state index in [0.717, 1.165) is 25.9 Å². The molecule has 3 aromatic rings. The lowest BCUT2D eigenvalue weighted by atomic mass is 9.92. The third-order valence-corrected chi connectivity index (χ3v) is 8.70. The molecule has 5 heterocycles. The summed E-state index contributed by atoms with van der Waals surface area (Å²) in [7, 11) is 0. The molecule has 2 unspecified atom stereocenters. The number of anilines is 1. The van der Waals surface area contributed by atoms with E-state index in [1.54, 1.807) is 0 Å². The fraction of sp³-hybridized carbons (Fsp3) is 0.261. The van der Waals surface area contributed by atoms with E-state index in [2.05, 4.69) is 64.1 Å². The zero-order valence-corrected chi connectivity index (χ0v) is 16.9.